The second-order valence-corrected chi connectivity index (χ2v) is 5.58. The van der Waals surface area contributed by atoms with Crippen LogP contribution in [0.5, 0.6) is 0 Å². The normalized spacial score (nSPS) is 16.3. The lowest BCUT2D eigenvalue weighted by Crippen LogP contribution is -2.12. The van der Waals surface area contributed by atoms with Gasteiger partial charge in [-0.25, -0.2) is 0 Å². The molecular formula is C16H24N2O. The van der Waals surface area contributed by atoms with Gasteiger partial charge in [-0.2, -0.15) is 0 Å². The average Bonchev–Trinajstić information content (AvgIpc) is 2.39. The van der Waals surface area contributed by atoms with Gasteiger partial charge in [0.2, 0.25) is 0 Å². The Hall–Kier alpha value is -1.51. The monoisotopic (exact) mass is 260 g/mol. The van der Waals surface area contributed by atoms with E-state index in [0.717, 1.165) is 18.2 Å². The van der Waals surface area contributed by atoms with Crippen molar-refractivity contribution in [3.05, 3.63) is 23.8 Å². The highest BCUT2D eigenvalue weighted by Gasteiger charge is 2.12. The first-order valence-corrected chi connectivity index (χ1v) is 7.31. The molecule has 3 heteroatoms. The third kappa shape index (κ3) is 3.98. The van der Waals surface area contributed by atoms with E-state index < -0.39 is 0 Å². The summed E-state index contributed by atoms with van der Waals surface area (Å²) >= 11 is 0. The number of hydrogen-bond donors (Lipinski definition) is 2. The van der Waals surface area contributed by atoms with Gasteiger partial charge in [0.25, 0.3) is 0 Å². The van der Waals surface area contributed by atoms with E-state index in [9.17, 15) is 4.79 Å². The van der Waals surface area contributed by atoms with Gasteiger partial charge in [0.15, 0.2) is 5.78 Å². The van der Waals surface area contributed by atoms with E-state index in [4.69, 9.17) is 5.73 Å². The first-order chi connectivity index (χ1) is 9.16. The summed E-state index contributed by atoms with van der Waals surface area (Å²) in [5.74, 6) is 0.904. The van der Waals surface area contributed by atoms with Gasteiger partial charge >= 0.3 is 0 Å². The Morgan fingerprint density at radius 3 is 2.68 bits per heavy atom. The minimum absolute atomic E-state index is 0.0197. The van der Waals surface area contributed by atoms with Crippen LogP contribution in [0, 0.1) is 5.92 Å². The summed E-state index contributed by atoms with van der Waals surface area (Å²) in [5, 5.41) is 3.41. The summed E-state index contributed by atoms with van der Waals surface area (Å²) in [5.41, 5.74) is 8.06. The van der Waals surface area contributed by atoms with Crippen LogP contribution in [0.3, 0.4) is 0 Å². The van der Waals surface area contributed by atoms with Gasteiger partial charge in [0, 0.05) is 23.5 Å². The SMILES string of the molecule is CC(=O)c1ccc(NCCC2CCCCC2)cc1N. The summed E-state index contributed by atoms with van der Waals surface area (Å²) in [7, 11) is 0. The number of ketones is 1. The zero-order valence-electron chi connectivity index (χ0n) is 11.7. The molecule has 0 amide bonds. The summed E-state index contributed by atoms with van der Waals surface area (Å²) in [6.45, 7) is 2.53. The molecule has 3 nitrogen and oxygen atoms in total. The third-order valence-electron chi connectivity index (χ3n) is 4.04. The first kappa shape index (κ1) is 13.9. The van der Waals surface area contributed by atoms with Gasteiger partial charge in [-0.3, -0.25) is 4.79 Å². The van der Waals surface area contributed by atoms with Crippen molar-refractivity contribution < 1.29 is 4.79 Å². The second kappa shape index (κ2) is 6.60. The summed E-state index contributed by atoms with van der Waals surface area (Å²) in [6, 6.07) is 5.60. The average molecular weight is 260 g/mol. The highest BCUT2D eigenvalue weighted by Crippen LogP contribution is 2.26. The Morgan fingerprint density at radius 2 is 2.05 bits per heavy atom. The number of nitrogens with two attached hydrogens (primary N) is 1. The number of anilines is 2. The fraction of sp³-hybridized carbons (Fsp3) is 0.562. The molecule has 0 bridgehead atoms. The zero-order valence-corrected chi connectivity index (χ0v) is 11.7. The smallest absolute Gasteiger partial charge is 0.161 e. The first-order valence-electron chi connectivity index (χ1n) is 7.31. The minimum atomic E-state index is 0.0197. The molecule has 1 saturated carbocycles. The van der Waals surface area contributed by atoms with E-state index in [2.05, 4.69) is 5.32 Å². The van der Waals surface area contributed by atoms with Crippen LogP contribution >= 0.6 is 0 Å². The van der Waals surface area contributed by atoms with Crippen LogP contribution in [-0.2, 0) is 0 Å². The molecule has 1 aliphatic carbocycles. The number of rotatable bonds is 5. The molecule has 0 spiro atoms. The van der Waals surface area contributed by atoms with Crippen LogP contribution < -0.4 is 11.1 Å². The Labute approximate surface area is 115 Å². The van der Waals surface area contributed by atoms with E-state index >= 15 is 0 Å². The molecular weight excluding hydrogens is 236 g/mol. The van der Waals surface area contributed by atoms with E-state index in [0.29, 0.717) is 11.3 Å². The summed E-state index contributed by atoms with van der Waals surface area (Å²) in [4.78, 5) is 11.3. The topological polar surface area (TPSA) is 55.1 Å². The van der Waals surface area contributed by atoms with Crippen LogP contribution in [0.25, 0.3) is 0 Å². The maximum absolute atomic E-state index is 11.3. The van der Waals surface area contributed by atoms with E-state index in [-0.39, 0.29) is 5.78 Å². The van der Waals surface area contributed by atoms with Crippen molar-refractivity contribution >= 4 is 17.2 Å². The second-order valence-electron chi connectivity index (χ2n) is 5.58. The van der Waals surface area contributed by atoms with Gasteiger partial charge in [-0.05, 0) is 37.5 Å². The van der Waals surface area contributed by atoms with Crippen molar-refractivity contribution in [1.29, 1.82) is 0 Å². The minimum Gasteiger partial charge on any atom is -0.398 e. The van der Waals surface area contributed by atoms with Gasteiger partial charge in [-0.15, -0.1) is 0 Å². The number of carbonyl (C=O) groups excluding carboxylic acids is 1. The van der Waals surface area contributed by atoms with Crippen LogP contribution in [0.15, 0.2) is 18.2 Å². The lowest BCUT2D eigenvalue weighted by Gasteiger charge is -2.21. The lowest BCUT2D eigenvalue weighted by atomic mass is 9.87. The third-order valence-corrected chi connectivity index (χ3v) is 4.04. The van der Waals surface area contributed by atoms with E-state index in [1.807, 2.05) is 12.1 Å². The molecule has 0 atom stereocenters. The number of nitrogens with one attached hydrogen (secondary N) is 1. The fourth-order valence-electron chi connectivity index (χ4n) is 2.89. The van der Waals surface area contributed by atoms with Crippen molar-refractivity contribution in [2.24, 2.45) is 5.92 Å². The molecule has 1 aromatic rings. The molecule has 3 N–H and O–H groups in total. The standard InChI is InChI=1S/C16H24N2O/c1-12(19)15-8-7-14(11-16(15)17)18-10-9-13-5-3-2-4-6-13/h7-8,11,13,18H,2-6,9-10,17H2,1H3. The van der Waals surface area contributed by atoms with Crippen LogP contribution in [0.1, 0.15) is 55.8 Å². The quantitative estimate of drug-likeness (QED) is 0.624. The predicted octanol–water partition coefficient (Wildman–Crippen LogP) is 3.85. The molecule has 0 aliphatic heterocycles. The van der Waals surface area contributed by atoms with Crippen molar-refractivity contribution in [3.8, 4) is 0 Å². The van der Waals surface area contributed by atoms with Gasteiger partial charge in [0.05, 0.1) is 0 Å². The molecule has 1 aromatic carbocycles. The molecule has 1 fully saturated rings. The van der Waals surface area contributed by atoms with Gasteiger partial charge < -0.3 is 11.1 Å². The molecule has 2 rings (SSSR count). The number of Topliss-reactive ketones (excluding diaryl/α,β-unsaturated/α-hetero) is 1. The predicted molar refractivity (Wildman–Crippen MR) is 80.5 cm³/mol. The van der Waals surface area contributed by atoms with Crippen LogP contribution in [0.2, 0.25) is 0 Å². The van der Waals surface area contributed by atoms with Gasteiger partial charge in [-0.1, -0.05) is 32.1 Å². The Morgan fingerprint density at radius 1 is 1.32 bits per heavy atom. The summed E-state index contributed by atoms with van der Waals surface area (Å²) in [6.07, 6.45) is 8.19. The molecule has 0 unspecified atom stereocenters. The molecule has 104 valence electrons. The Balaban J connectivity index is 1.82. The highest BCUT2D eigenvalue weighted by atomic mass is 16.1. The largest absolute Gasteiger partial charge is 0.398 e. The fourth-order valence-corrected chi connectivity index (χ4v) is 2.89. The van der Waals surface area contributed by atoms with E-state index in [1.165, 1.54) is 38.5 Å². The maximum atomic E-state index is 11.3. The van der Waals surface area contributed by atoms with Crippen molar-refractivity contribution in [2.75, 3.05) is 17.6 Å². The zero-order chi connectivity index (χ0) is 13.7. The molecule has 0 aromatic heterocycles. The lowest BCUT2D eigenvalue weighted by molar-refractivity contribution is 0.101. The molecule has 1 aliphatic rings. The van der Waals surface area contributed by atoms with E-state index in [1.54, 1.807) is 13.0 Å². The molecule has 0 heterocycles. The van der Waals surface area contributed by atoms with Crippen molar-refractivity contribution in [3.63, 3.8) is 0 Å². The van der Waals surface area contributed by atoms with Crippen LogP contribution in [-0.4, -0.2) is 12.3 Å². The highest BCUT2D eigenvalue weighted by molar-refractivity contribution is 5.99. The Bertz CT molecular complexity index is 436. The molecule has 19 heavy (non-hydrogen) atoms. The van der Waals surface area contributed by atoms with Crippen molar-refractivity contribution in [1.82, 2.24) is 0 Å². The summed E-state index contributed by atoms with van der Waals surface area (Å²) < 4.78 is 0. The van der Waals surface area contributed by atoms with Gasteiger partial charge in [0.1, 0.15) is 0 Å². The molecule has 0 saturated heterocycles. The number of carbonyl (C=O) groups is 1. The van der Waals surface area contributed by atoms with Crippen molar-refractivity contribution in [2.45, 2.75) is 45.4 Å². The number of hydrogen-bond acceptors (Lipinski definition) is 3. The number of nitrogen functional groups attached to an aromatic ring is 1. The number of benzene rings is 1. The Kier molecular flexibility index (Phi) is 4.83. The molecule has 0 radical (unpaired) electrons. The van der Waals surface area contributed by atoms with Crippen LogP contribution in [0.4, 0.5) is 11.4 Å². The maximum Gasteiger partial charge on any atom is 0.161 e.